The number of hydrogen-bond donors (Lipinski definition) is 1. The average molecular weight is 392 g/mol. The van der Waals surface area contributed by atoms with E-state index in [0.29, 0.717) is 26.4 Å². The van der Waals surface area contributed by atoms with Crippen molar-refractivity contribution in [3.05, 3.63) is 0 Å². The Kier molecular flexibility index (Phi) is 6.96. The molecule has 0 saturated carbocycles. The summed E-state index contributed by atoms with van der Waals surface area (Å²) in [6.45, 7) is 16.6. The first-order valence-electron chi connectivity index (χ1n) is 9.64. The molecular weight excluding hydrogens is 354 g/mol. The highest BCUT2D eigenvalue weighted by Gasteiger charge is 2.51. The lowest BCUT2D eigenvalue weighted by molar-refractivity contribution is -0.222. The highest BCUT2D eigenvalue weighted by Crippen LogP contribution is 2.43. The zero-order chi connectivity index (χ0) is 19.6. The summed E-state index contributed by atoms with van der Waals surface area (Å²) in [7, 11) is -1.17. The second-order valence-corrected chi connectivity index (χ2v) is 11.1. The first-order valence-corrected chi connectivity index (χ1v) is 10.8. The molecule has 0 aromatic heterocycles. The first-order chi connectivity index (χ1) is 11.9. The van der Waals surface area contributed by atoms with Crippen LogP contribution < -0.4 is 4.72 Å². The minimum absolute atomic E-state index is 0.0318. The molecule has 1 N–H and O–H groups in total. The predicted molar refractivity (Wildman–Crippen MR) is 103 cm³/mol. The van der Waals surface area contributed by atoms with Crippen LogP contribution in [0.1, 0.15) is 67.7 Å². The van der Waals surface area contributed by atoms with E-state index >= 15 is 0 Å². The largest absolute Gasteiger partial charge is 0.348 e. The molecule has 0 aromatic rings. The summed E-state index contributed by atoms with van der Waals surface area (Å²) < 4.78 is 39.1. The minimum atomic E-state index is -1.17. The van der Waals surface area contributed by atoms with E-state index in [1.807, 2.05) is 34.6 Å². The number of nitrogens with one attached hydrogen (secondary N) is 1. The molecule has 2 saturated heterocycles. The highest BCUT2D eigenvalue weighted by molar-refractivity contribution is 7.84. The van der Waals surface area contributed by atoms with E-state index in [-0.39, 0.29) is 16.2 Å². The van der Waals surface area contributed by atoms with Gasteiger partial charge < -0.3 is 18.9 Å². The number of ether oxygens (including phenoxy) is 4. The van der Waals surface area contributed by atoms with Gasteiger partial charge in [-0.25, -0.2) is 8.93 Å². The van der Waals surface area contributed by atoms with Crippen molar-refractivity contribution < 1.29 is 23.2 Å². The zero-order valence-electron chi connectivity index (χ0n) is 17.5. The third-order valence-corrected chi connectivity index (χ3v) is 7.32. The molecule has 26 heavy (non-hydrogen) atoms. The van der Waals surface area contributed by atoms with Gasteiger partial charge in [0.1, 0.15) is 0 Å². The molecule has 154 valence electrons. The summed E-state index contributed by atoms with van der Waals surface area (Å²) in [4.78, 5) is 0. The Bertz CT molecular complexity index is 491. The van der Waals surface area contributed by atoms with E-state index in [1.54, 1.807) is 0 Å². The molecule has 2 heterocycles. The molecule has 2 rings (SSSR count). The van der Waals surface area contributed by atoms with Crippen molar-refractivity contribution in [2.24, 2.45) is 5.41 Å². The highest BCUT2D eigenvalue weighted by atomic mass is 32.2. The van der Waals surface area contributed by atoms with Gasteiger partial charge in [-0.3, -0.25) is 0 Å². The Hall–Kier alpha value is -0.0500. The van der Waals surface area contributed by atoms with E-state index in [2.05, 4.69) is 18.6 Å². The fourth-order valence-corrected chi connectivity index (χ4v) is 4.43. The Morgan fingerprint density at radius 3 is 1.96 bits per heavy atom. The Balaban J connectivity index is 2.09. The second kappa shape index (κ2) is 8.13. The summed E-state index contributed by atoms with van der Waals surface area (Å²) in [5.41, 5.74) is -0.358. The maximum atomic E-state index is 12.8. The van der Waals surface area contributed by atoms with Gasteiger partial charge in [-0.1, -0.05) is 13.8 Å². The van der Waals surface area contributed by atoms with E-state index in [4.69, 9.17) is 18.9 Å². The van der Waals surface area contributed by atoms with Crippen molar-refractivity contribution >= 4 is 11.0 Å². The van der Waals surface area contributed by atoms with Crippen LogP contribution in [-0.4, -0.2) is 53.0 Å². The van der Waals surface area contributed by atoms with Crippen molar-refractivity contribution in [1.29, 1.82) is 0 Å². The molecule has 2 aliphatic rings. The Labute approximate surface area is 161 Å². The lowest BCUT2D eigenvalue weighted by atomic mass is 9.75. The van der Waals surface area contributed by atoms with Gasteiger partial charge in [-0.05, 0) is 47.5 Å². The van der Waals surface area contributed by atoms with Crippen molar-refractivity contribution in [2.45, 2.75) is 90.1 Å². The molecule has 2 aliphatic heterocycles. The van der Waals surface area contributed by atoms with Crippen LogP contribution in [0.2, 0.25) is 0 Å². The smallest absolute Gasteiger partial charge is 0.172 e. The SMILES string of the molecule is CC1(CCC[C@@H](N[S@@](=O)C(C)(C)C)C(C)(C)C2(C)OCCO2)OCCO1. The van der Waals surface area contributed by atoms with Crippen LogP contribution >= 0.6 is 0 Å². The molecule has 0 radical (unpaired) electrons. The normalized spacial score (nSPS) is 25.3. The molecule has 0 bridgehead atoms. The summed E-state index contributed by atoms with van der Waals surface area (Å²) in [6, 6.07) is -0.0318. The lowest BCUT2D eigenvalue weighted by Gasteiger charge is -2.45. The summed E-state index contributed by atoms with van der Waals surface area (Å²) in [5, 5.41) is 0. The van der Waals surface area contributed by atoms with Crippen LogP contribution in [0.4, 0.5) is 0 Å². The van der Waals surface area contributed by atoms with Crippen molar-refractivity contribution in [3.63, 3.8) is 0 Å². The fourth-order valence-electron chi connectivity index (χ4n) is 3.40. The molecule has 0 amide bonds. The van der Waals surface area contributed by atoms with Crippen molar-refractivity contribution in [3.8, 4) is 0 Å². The molecule has 2 atom stereocenters. The van der Waals surface area contributed by atoms with Crippen LogP contribution in [0.25, 0.3) is 0 Å². The van der Waals surface area contributed by atoms with Crippen LogP contribution in [-0.2, 0) is 29.9 Å². The predicted octanol–water partition coefficient (Wildman–Crippen LogP) is 3.13. The molecule has 0 unspecified atom stereocenters. The molecule has 6 nitrogen and oxygen atoms in total. The number of hydrogen-bond acceptors (Lipinski definition) is 5. The summed E-state index contributed by atoms with van der Waals surface area (Å²) in [6.07, 6.45) is 2.54. The molecule has 0 spiro atoms. The Morgan fingerprint density at radius 2 is 1.46 bits per heavy atom. The van der Waals surface area contributed by atoms with Gasteiger partial charge in [0.15, 0.2) is 11.6 Å². The van der Waals surface area contributed by atoms with Crippen molar-refractivity contribution in [2.75, 3.05) is 26.4 Å². The quantitative estimate of drug-likeness (QED) is 0.689. The molecule has 7 heteroatoms. The van der Waals surface area contributed by atoms with Gasteiger partial charge in [0, 0.05) is 17.9 Å². The monoisotopic (exact) mass is 391 g/mol. The number of rotatable bonds is 8. The van der Waals surface area contributed by atoms with E-state index in [9.17, 15) is 4.21 Å². The van der Waals surface area contributed by atoms with E-state index in [1.165, 1.54) is 0 Å². The first kappa shape index (κ1) is 22.2. The fraction of sp³-hybridized carbons (Fsp3) is 1.00. The molecule has 2 fully saturated rings. The van der Waals surface area contributed by atoms with Crippen LogP contribution in [0.15, 0.2) is 0 Å². The van der Waals surface area contributed by atoms with Gasteiger partial charge in [-0.15, -0.1) is 0 Å². The minimum Gasteiger partial charge on any atom is -0.348 e. The van der Waals surface area contributed by atoms with E-state index in [0.717, 1.165) is 19.3 Å². The van der Waals surface area contributed by atoms with Crippen LogP contribution in [0.5, 0.6) is 0 Å². The van der Waals surface area contributed by atoms with Crippen molar-refractivity contribution in [1.82, 2.24) is 4.72 Å². The van der Waals surface area contributed by atoms with Gasteiger partial charge in [0.05, 0.1) is 42.2 Å². The molecule has 0 aliphatic carbocycles. The van der Waals surface area contributed by atoms with Crippen LogP contribution in [0, 0.1) is 5.41 Å². The average Bonchev–Trinajstić information content (AvgIpc) is 3.15. The third kappa shape index (κ3) is 5.06. The van der Waals surface area contributed by atoms with Gasteiger partial charge in [0.25, 0.3) is 0 Å². The topological polar surface area (TPSA) is 66.0 Å². The summed E-state index contributed by atoms with van der Waals surface area (Å²) >= 11 is 0. The Morgan fingerprint density at radius 1 is 0.962 bits per heavy atom. The van der Waals surface area contributed by atoms with Gasteiger partial charge in [-0.2, -0.15) is 0 Å². The zero-order valence-corrected chi connectivity index (χ0v) is 18.3. The van der Waals surface area contributed by atoms with Crippen LogP contribution in [0.3, 0.4) is 0 Å². The maximum absolute atomic E-state index is 12.8. The molecule has 0 aromatic carbocycles. The lowest BCUT2D eigenvalue weighted by Crippen LogP contribution is -2.57. The summed E-state index contributed by atoms with van der Waals surface area (Å²) in [5.74, 6) is -1.20. The standard InChI is InChI=1S/C19H37NO5S/c1-16(2,3)26(21)20-15(9-8-10-18(6)22-11-12-23-18)17(4,5)19(7)24-13-14-25-19/h15,20H,8-14H2,1-7H3/t15-,26+/m1/s1. The van der Waals surface area contributed by atoms with Gasteiger partial charge >= 0.3 is 0 Å². The second-order valence-electron chi connectivity index (χ2n) is 9.14. The van der Waals surface area contributed by atoms with E-state index < -0.39 is 22.6 Å². The third-order valence-electron chi connectivity index (χ3n) is 5.71. The molecular formula is C19H37NO5S. The maximum Gasteiger partial charge on any atom is 0.172 e. The van der Waals surface area contributed by atoms with Gasteiger partial charge in [0.2, 0.25) is 0 Å².